The summed E-state index contributed by atoms with van der Waals surface area (Å²) in [6.45, 7) is 0.909. The fourth-order valence-corrected chi connectivity index (χ4v) is 2.80. The van der Waals surface area contributed by atoms with Crippen LogP contribution in [-0.2, 0) is 9.53 Å². The van der Waals surface area contributed by atoms with E-state index in [0.717, 1.165) is 16.6 Å². The highest BCUT2D eigenvalue weighted by Crippen LogP contribution is 2.16. The number of hydrogen-bond donors (Lipinski definition) is 3. The molecule has 1 aromatic heterocycles. The first kappa shape index (κ1) is 15.7. The van der Waals surface area contributed by atoms with Gasteiger partial charge in [-0.3, -0.25) is 20.1 Å². The molecule has 3 heterocycles. The van der Waals surface area contributed by atoms with E-state index in [1.165, 1.54) is 0 Å². The molecule has 4 rings (SSSR count). The second-order valence-corrected chi connectivity index (χ2v) is 5.93. The summed E-state index contributed by atoms with van der Waals surface area (Å²) in [6, 6.07) is 5.27. The SMILES string of the molecule is O=C1NC(N[C@@H]2COCC[C@H]2O)=N/C1=C\c1ccc2nccnc2c1. The summed E-state index contributed by atoms with van der Waals surface area (Å²) in [7, 11) is 0. The molecule has 0 bridgehead atoms. The normalized spacial score (nSPS) is 25.1. The summed E-state index contributed by atoms with van der Waals surface area (Å²) >= 11 is 0. The van der Waals surface area contributed by atoms with Crippen molar-refractivity contribution in [3.8, 4) is 0 Å². The van der Waals surface area contributed by atoms with Crippen LogP contribution in [0.4, 0.5) is 0 Å². The number of hydrogen-bond acceptors (Lipinski definition) is 7. The molecule has 1 amide bonds. The first-order valence-electron chi connectivity index (χ1n) is 8.04. The molecule has 1 aromatic carbocycles. The van der Waals surface area contributed by atoms with Crippen LogP contribution in [0.5, 0.6) is 0 Å². The Kier molecular flexibility index (Phi) is 4.12. The van der Waals surface area contributed by atoms with Gasteiger partial charge in [0.15, 0.2) is 0 Å². The Hall–Kier alpha value is -2.84. The Bertz CT molecular complexity index is 879. The lowest BCUT2D eigenvalue weighted by Gasteiger charge is -2.28. The summed E-state index contributed by atoms with van der Waals surface area (Å²) in [5.41, 5.74) is 2.64. The lowest BCUT2D eigenvalue weighted by Crippen LogP contribution is -2.52. The van der Waals surface area contributed by atoms with Crippen molar-refractivity contribution in [3.63, 3.8) is 0 Å². The van der Waals surface area contributed by atoms with Gasteiger partial charge in [0, 0.05) is 19.0 Å². The van der Waals surface area contributed by atoms with E-state index in [2.05, 4.69) is 25.6 Å². The first-order chi connectivity index (χ1) is 12.2. The number of aliphatic hydroxyl groups excluding tert-OH is 1. The smallest absolute Gasteiger partial charge is 0.276 e. The number of carbonyl (C=O) groups is 1. The van der Waals surface area contributed by atoms with Crippen LogP contribution in [0.25, 0.3) is 17.1 Å². The molecule has 2 aliphatic heterocycles. The summed E-state index contributed by atoms with van der Waals surface area (Å²) in [5.74, 6) is 0.0272. The van der Waals surface area contributed by atoms with Crippen LogP contribution in [0.1, 0.15) is 12.0 Å². The summed E-state index contributed by atoms with van der Waals surface area (Å²) in [4.78, 5) is 24.9. The van der Waals surface area contributed by atoms with E-state index in [1.54, 1.807) is 18.5 Å². The van der Waals surface area contributed by atoms with Crippen LogP contribution in [0.2, 0.25) is 0 Å². The highest BCUT2D eigenvalue weighted by Gasteiger charge is 2.28. The van der Waals surface area contributed by atoms with Crippen LogP contribution in [-0.4, -0.2) is 52.3 Å². The Morgan fingerprint density at radius 1 is 1.28 bits per heavy atom. The minimum absolute atomic E-state index is 0.289. The van der Waals surface area contributed by atoms with Crippen LogP contribution in [0.3, 0.4) is 0 Å². The fourth-order valence-electron chi connectivity index (χ4n) is 2.80. The van der Waals surface area contributed by atoms with E-state index < -0.39 is 6.10 Å². The van der Waals surface area contributed by atoms with Crippen molar-refractivity contribution in [3.05, 3.63) is 41.9 Å². The van der Waals surface area contributed by atoms with Gasteiger partial charge >= 0.3 is 0 Å². The van der Waals surface area contributed by atoms with E-state index in [0.29, 0.717) is 25.6 Å². The van der Waals surface area contributed by atoms with Crippen molar-refractivity contribution in [2.24, 2.45) is 4.99 Å². The van der Waals surface area contributed by atoms with E-state index in [9.17, 15) is 9.90 Å². The van der Waals surface area contributed by atoms with Crippen LogP contribution in [0.15, 0.2) is 41.3 Å². The molecule has 0 saturated carbocycles. The molecule has 0 unspecified atom stereocenters. The average molecular weight is 339 g/mol. The molecule has 128 valence electrons. The van der Waals surface area contributed by atoms with Crippen LogP contribution in [0, 0.1) is 0 Å². The molecule has 2 aromatic rings. The molecule has 1 fully saturated rings. The number of guanidine groups is 1. The monoisotopic (exact) mass is 339 g/mol. The second-order valence-electron chi connectivity index (χ2n) is 5.93. The number of aliphatic imine (C=N–C) groups is 1. The van der Waals surface area contributed by atoms with Gasteiger partial charge < -0.3 is 15.2 Å². The number of nitrogens with zero attached hydrogens (tertiary/aromatic N) is 3. The fraction of sp³-hybridized carbons (Fsp3) is 0.294. The minimum Gasteiger partial charge on any atom is -0.391 e. The van der Waals surface area contributed by atoms with E-state index in [-0.39, 0.29) is 17.6 Å². The zero-order valence-electron chi connectivity index (χ0n) is 13.3. The van der Waals surface area contributed by atoms with Gasteiger partial charge in [-0.2, -0.15) is 0 Å². The predicted octanol–water partition coefficient (Wildman–Crippen LogP) is 0.196. The molecule has 0 radical (unpaired) electrons. The maximum atomic E-state index is 12.1. The molecule has 8 heteroatoms. The molecule has 2 aliphatic rings. The van der Waals surface area contributed by atoms with E-state index in [1.807, 2.05) is 18.2 Å². The number of amides is 1. The summed E-state index contributed by atoms with van der Waals surface area (Å²) in [6.07, 6.45) is 4.97. The van der Waals surface area contributed by atoms with Gasteiger partial charge in [0.1, 0.15) is 5.70 Å². The van der Waals surface area contributed by atoms with Gasteiger partial charge in [0.05, 0.1) is 29.8 Å². The first-order valence-corrected chi connectivity index (χ1v) is 8.04. The number of benzene rings is 1. The number of fused-ring (bicyclic) bond motifs is 1. The Morgan fingerprint density at radius 3 is 2.96 bits per heavy atom. The standard InChI is InChI=1S/C17H17N5O3/c23-15-3-6-25-9-14(15)21-17-20-13(16(24)22-17)8-10-1-2-11-12(7-10)19-5-4-18-11/h1-2,4-5,7-8,14-15,23H,3,6,9H2,(H2,20,21,22,24)/b13-8-/t14-,15-/m1/s1. The van der Waals surface area contributed by atoms with Crippen molar-refractivity contribution < 1.29 is 14.6 Å². The molecule has 25 heavy (non-hydrogen) atoms. The zero-order chi connectivity index (χ0) is 17.2. The minimum atomic E-state index is -0.527. The average Bonchev–Trinajstić information content (AvgIpc) is 2.96. The van der Waals surface area contributed by atoms with Crippen molar-refractivity contribution in [1.82, 2.24) is 20.6 Å². The Morgan fingerprint density at radius 2 is 2.12 bits per heavy atom. The lowest BCUT2D eigenvalue weighted by atomic mass is 10.1. The van der Waals surface area contributed by atoms with Gasteiger partial charge in [-0.25, -0.2) is 4.99 Å². The van der Waals surface area contributed by atoms with Gasteiger partial charge in [0.25, 0.3) is 5.91 Å². The molecule has 0 aliphatic carbocycles. The summed E-state index contributed by atoms with van der Waals surface area (Å²) in [5, 5.41) is 15.6. The van der Waals surface area contributed by atoms with Crippen molar-refractivity contribution in [2.75, 3.05) is 13.2 Å². The molecule has 2 atom stereocenters. The van der Waals surface area contributed by atoms with Crippen molar-refractivity contribution in [1.29, 1.82) is 0 Å². The second kappa shape index (κ2) is 6.58. The number of aliphatic hydroxyl groups is 1. The van der Waals surface area contributed by atoms with Crippen LogP contribution < -0.4 is 10.6 Å². The van der Waals surface area contributed by atoms with Crippen LogP contribution >= 0.6 is 0 Å². The highest BCUT2D eigenvalue weighted by atomic mass is 16.5. The number of rotatable bonds is 2. The largest absolute Gasteiger partial charge is 0.391 e. The molecule has 0 spiro atoms. The Balaban J connectivity index is 1.55. The van der Waals surface area contributed by atoms with Crippen molar-refractivity contribution >= 4 is 29.0 Å². The maximum Gasteiger partial charge on any atom is 0.276 e. The maximum absolute atomic E-state index is 12.1. The topological polar surface area (TPSA) is 109 Å². The van der Waals surface area contributed by atoms with E-state index in [4.69, 9.17) is 4.74 Å². The highest BCUT2D eigenvalue weighted by molar-refractivity contribution is 6.13. The van der Waals surface area contributed by atoms with Gasteiger partial charge in [0.2, 0.25) is 5.96 Å². The third-order valence-corrected chi connectivity index (χ3v) is 4.14. The predicted molar refractivity (Wildman–Crippen MR) is 91.5 cm³/mol. The lowest BCUT2D eigenvalue weighted by molar-refractivity contribution is -0.115. The third kappa shape index (κ3) is 3.35. The molecular formula is C17H17N5O3. The zero-order valence-corrected chi connectivity index (χ0v) is 13.3. The molecular weight excluding hydrogens is 322 g/mol. The molecule has 8 nitrogen and oxygen atoms in total. The molecule has 3 N–H and O–H groups in total. The quantitative estimate of drug-likeness (QED) is 0.674. The van der Waals surface area contributed by atoms with Gasteiger partial charge in [-0.15, -0.1) is 0 Å². The van der Waals surface area contributed by atoms with Crippen molar-refractivity contribution in [2.45, 2.75) is 18.6 Å². The number of aromatic nitrogens is 2. The van der Waals surface area contributed by atoms with E-state index >= 15 is 0 Å². The number of nitrogens with one attached hydrogen (secondary N) is 2. The Labute approximate surface area is 143 Å². The van der Waals surface area contributed by atoms with Gasteiger partial charge in [-0.05, 0) is 30.2 Å². The molecule has 1 saturated heterocycles. The summed E-state index contributed by atoms with van der Waals surface area (Å²) < 4.78 is 5.34. The third-order valence-electron chi connectivity index (χ3n) is 4.14. The number of ether oxygens (including phenoxy) is 1. The van der Waals surface area contributed by atoms with Gasteiger partial charge in [-0.1, -0.05) is 6.07 Å². The number of carbonyl (C=O) groups excluding carboxylic acids is 1.